The van der Waals surface area contributed by atoms with E-state index in [1.54, 1.807) is 0 Å². The summed E-state index contributed by atoms with van der Waals surface area (Å²) < 4.78 is 0. The van der Waals surface area contributed by atoms with Gasteiger partial charge in [-0.2, -0.15) is 0 Å². The second kappa shape index (κ2) is 7.04. The summed E-state index contributed by atoms with van der Waals surface area (Å²) in [5.41, 5.74) is 6.05. The van der Waals surface area contributed by atoms with Gasteiger partial charge in [0.1, 0.15) is 0 Å². The van der Waals surface area contributed by atoms with Crippen LogP contribution in [0.2, 0.25) is 0 Å². The molecule has 0 aromatic carbocycles. The van der Waals surface area contributed by atoms with Crippen molar-refractivity contribution in [2.24, 2.45) is 23.5 Å². The number of rotatable bonds is 6. The number of nitrogens with one attached hydrogen (secondary N) is 1. The Kier molecular flexibility index (Phi) is 5.95. The predicted molar refractivity (Wildman–Crippen MR) is 74.9 cm³/mol. The molecule has 20 heavy (non-hydrogen) atoms. The largest absolute Gasteiger partial charge is 0.481 e. The van der Waals surface area contributed by atoms with Crippen molar-refractivity contribution in [2.75, 3.05) is 0 Å². The Morgan fingerprint density at radius 1 is 1.35 bits per heavy atom. The molecule has 1 rings (SSSR count). The van der Waals surface area contributed by atoms with Gasteiger partial charge in [-0.05, 0) is 12.3 Å². The van der Waals surface area contributed by atoms with Crippen molar-refractivity contribution in [3.63, 3.8) is 0 Å². The van der Waals surface area contributed by atoms with E-state index in [0.717, 1.165) is 12.8 Å². The number of carboxylic acid groups (broad SMARTS) is 1. The Hall–Kier alpha value is -1.14. The van der Waals surface area contributed by atoms with E-state index >= 15 is 0 Å². The highest BCUT2D eigenvalue weighted by atomic mass is 16.4. The first-order valence-electron chi connectivity index (χ1n) is 7.26. The van der Waals surface area contributed by atoms with Crippen molar-refractivity contribution in [2.45, 2.75) is 58.2 Å². The molecule has 5 N–H and O–H groups in total. The Morgan fingerprint density at radius 2 is 1.90 bits per heavy atom. The van der Waals surface area contributed by atoms with Crippen LogP contribution in [0.5, 0.6) is 0 Å². The highest BCUT2D eigenvalue weighted by Crippen LogP contribution is 2.36. The molecule has 0 aliphatic heterocycles. The average Bonchev–Trinajstić information content (AvgIpc) is 2.65. The van der Waals surface area contributed by atoms with Crippen LogP contribution >= 0.6 is 0 Å². The Morgan fingerprint density at radius 3 is 2.25 bits per heavy atom. The predicted octanol–water partition coefficient (Wildman–Crippen LogP) is 0.336. The van der Waals surface area contributed by atoms with Crippen molar-refractivity contribution in [3.05, 3.63) is 0 Å². The topological polar surface area (TPSA) is 113 Å². The molecule has 1 amide bonds. The van der Waals surface area contributed by atoms with Gasteiger partial charge in [-0.3, -0.25) is 9.59 Å². The number of carbonyl (C=O) groups excluding carboxylic acids is 1. The smallest absolute Gasteiger partial charge is 0.309 e. The lowest BCUT2D eigenvalue weighted by molar-refractivity contribution is -0.145. The van der Waals surface area contributed by atoms with Gasteiger partial charge in [0.05, 0.1) is 12.0 Å². The molecule has 0 heterocycles. The SMILES string of the molecule is CCC(CC)C(NC(C)=O)[C@@H]1[C@H](O)[C@@H](C(=O)O)C[C@H]1N. The van der Waals surface area contributed by atoms with E-state index in [2.05, 4.69) is 5.32 Å². The van der Waals surface area contributed by atoms with Crippen molar-refractivity contribution in [1.29, 1.82) is 0 Å². The molecule has 0 aromatic rings. The van der Waals surface area contributed by atoms with Gasteiger partial charge in [0, 0.05) is 24.9 Å². The first kappa shape index (κ1) is 16.9. The van der Waals surface area contributed by atoms with E-state index in [4.69, 9.17) is 10.8 Å². The van der Waals surface area contributed by atoms with E-state index in [0.29, 0.717) is 0 Å². The molecule has 1 aliphatic rings. The van der Waals surface area contributed by atoms with Crippen LogP contribution in [0.3, 0.4) is 0 Å². The van der Waals surface area contributed by atoms with Gasteiger partial charge >= 0.3 is 5.97 Å². The van der Waals surface area contributed by atoms with Gasteiger partial charge in [0.25, 0.3) is 0 Å². The van der Waals surface area contributed by atoms with Crippen LogP contribution in [-0.2, 0) is 9.59 Å². The number of amides is 1. The van der Waals surface area contributed by atoms with Gasteiger partial charge in [-0.15, -0.1) is 0 Å². The van der Waals surface area contributed by atoms with Gasteiger partial charge in [-0.25, -0.2) is 0 Å². The van der Waals surface area contributed by atoms with Crippen molar-refractivity contribution < 1.29 is 19.8 Å². The van der Waals surface area contributed by atoms with Crippen LogP contribution < -0.4 is 11.1 Å². The minimum absolute atomic E-state index is 0.178. The molecule has 1 saturated carbocycles. The third-order valence-corrected chi connectivity index (χ3v) is 4.49. The molecule has 6 nitrogen and oxygen atoms in total. The third-order valence-electron chi connectivity index (χ3n) is 4.49. The molecule has 5 atom stereocenters. The minimum atomic E-state index is -1.03. The average molecular weight is 286 g/mol. The number of aliphatic hydroxyl groups excluding tert-OH is 1. The molecule has 1 unspecified atom stereocenters. The maximum absolute atomic E-state index is 11.4. The summed E-state index contributed by atoms with van der Waals surface area (Å²) in [6.45, 7) is 5.46. The van der Waals surface area contributed by atoms with Crippen LogP contribution in [-0.4, -0.2) is 40.3 Å². The minimum Gasteiger partial charge on any atom is -0.481 e. The van der Waals surface area contributed by atoms with Crippen LogP contribution in [0.15, 0.2) is 0 Å². The fourth-order valence-corrected chi connectivity index (χ4v) is 3.40. The molecule has 0 radical (unpaired) electrons. The summed E-state index contributed by atoms with van der Waals surface area (Å²) in [6.07, 6.45) is 0.918. The van der Waals surface area contributed by atoms with Crippen LogP contribution in [0.1, 0.15) is 40.0 Å². The number of aliphatic carboxylic acids is 1. The first-order valence-corrected chi connectivity index (χ1v) is 7.26. The lowest BCUT2D eigenvalue weighted by Gasteiger charge is -2.35. The maximum atomic E-state index is 11.4. The summed E-state index contributed by atoms with van der Waals surface area (Å²) in [7, 11) is 0. The lowest BCUT2D eigenvalue weighted by atomic mass is 9.80. The molecule has 0 spiro atoms. The second-order valence-corrected chi connectivity index (χ2v) is 5.72. The highest BCUT2D eigenvalue weighted by Gasteiger charge is 2.49. The quantitative estimate of drug-likeness (QED) is 0.562. The van der Waals surface area contributed by atoms with Crippen molar-refractivity contribution >= 4 is 11.9 Å². The number of aliphatic hydroxyl groups is 1. The molecule has 116 valence electrons. The summed E-state index contributed by atoms with van der Waals surface area (Å²) in [5, 5.41) is 22.3. The highest BCUT2D eigenvalue weighted by molar-refractivity contribution is 5.74. The summed E-state index contributed by atoms with van der Waals surface area (Å²) in [4.78, 5) is 22.6. The van der Waals surface area contributed by atoms with E-state index in [1.807, 2.05) is 13.8 Å². The van der Waals surface area contributed by atoms with Crippen LogP contribution in [0, 0.1) is 17.8 Å². The van der Waals surface area contributed by atoms with Crippen LogP contribution in [0.4, 0.5) is 0 Å². The zero-order chi connectivity index (χ0) is 15.4. The normalized spacial score (nSPS) is 31.3. The van der Waals surface area contributed by atoms with Gasteiger partial charge < -0.3 is 21.3 Å². The Bertz CT molecular complexity index is 357. The lowest BCUT2D eigenvalue weighted by Crippen LogP contribution is -2.52. The maximum Gasteiger partial charge on any atom is 0.309 e. The Labute approximate surface area is 119 Å². The van der Waals surface area contributed by atoms with Crippen LogP contribution in [0.25, 0.3) is 0 Å². The molecule has 6 heteroatoms. The van der Waals surface area contributed by atoms with E-state index < -0.39 is 30.0 Å². The summed E-state index contributed by atoms with van der Waals surface area (Å²) >= 11 is 0. The van der Waals surface area contributed by atoms with E-state index in [-0.39, 0.29) is 24.3 Å². The monoisotopic (exact) mass is 286 g/mol. The van der Waals surface area contributed by atoms with E-state index in [1.165, 1.54) is 6.92 Å². The number of nitrogens with two attached hydrogens (primary N) is 1. The van der Waals surface area contributed by atoms with Crippen molar-refractivity contribution in [1.82, 2.24) is 5.32 Å². The summed E-state index contributed by atoms with van der Waals surface area (Å²) in [6, 6.07) is -0.694. The summed E-state index contributed by atoms with van der Waals surface area (Å²) in [5.74, 6) is -2.29. The van der Waals surface area contributed by atoms with Gasteiger partial charge in [-0.1, -0.05) is 26.7 Å². The fourth-order valence-electron chi connectivity index (χ4n) is 3.40. The molecular formula is C14H26N2O4. The zero-order valence-electron chi connectivity index (χ0n) is 12.4. The van der Waals surface area contributed by atoms with Crippen molar-refractivity contribution in [3.8, 4) is 0 Å². The molecule has 0 aromatic heterocycles. The molecule has 1 fully saturated rings. The van der Waals surface area contributed by atoms with E-state index in [9.17, 15) is 14.7 Å². The van der Waals surface area contributed by atoms with Gasteiger partial charge in [0.15, 0.2) is 0 Å². The number of carboxylic acids is 1. The number of hydrogen-bond acceptors (Lipinski definition) is 4. The molecule has 1 aliphatic carbocycles. The number of carbonyl (C=O) groups is 2. The fraction of sp³-hybridized carbons (Fsp3) is 0.857. The number of hydrogen-bond donors (Lipinski definition) is 4. The molecule has 0 saturated heterocycles. The molecule has 0 bridgehead atoms. The second-order valence-electron chi connectivity index (χ2n) is 5.72. The Balaban J connectivity index is 3.00. The third kappa shape index (κ3) is 3.49. The standard InChI is InChI=1S/C14H26N2O4/c1-4-8(5-2)12(16-7(3)17)11-10(15)6-9(13(11)18)14(19)20/h8-13,18H,4-6,15H2,1-3H3,(H,16,17)(H,19,20)/t9-,10+,11+,12?,13+/m0/s1. The molecular weight excluding hydrogens is 260 g/mol. The van der Waals surface area contributed by atoms with Gasteiger partial charge in [0.2, 0.25) is 5.91 Å². The first-order chi connectivity index (χ1) is 9.33. The zero-order valence-corrected chi connectivity index (χ0v) is 12.4.